The Morgan fingerprint density at radius 2 is 1.71 bits per heavy atom. The molecule has 1 atom stereocenters. The molecule has 0 aliphatic carbocycles. The fourth-order valence-corrected chi connectivity index (χ4v) is 1.78. The van der Waals surface area contributed by atoms with Gasteiger partial charge >= 0.3 is 12.0 Å². The zero-order valence-electron chi connectivity index (χ0n) is 14.2. The number of carbonyl (C=O) groups excluding carboxylic acids is 3. The largest absolute Gasteiger partial charge is 0.496 e. The van der Waals surface area contributed by atoms with Gasteiger partial charge in [-0.05, 0) is 25.5 Å². The molecule has 132 valence electrons. The smallest absolute Gasteiger partial charge is 0.346 e. The third-order valence-electron chi connectivity index (χ3n) is 3.21. The Morgan fingerprint density at radius 1 is 1.12 bits per heavy atom. The van der Waals surface area contributed by atoms with Gasteiger partial charge in [0.1, 0.15) is 17.1 Å². The van der Waals surface area contributed by atoms with Gasteiger partial charge < -0.3 is 19.5 Å². The van der Waals surface area contributed by atoms with E-state index < -0.39 is 24.5 Å². The lowest BCUT2D eigenvalue weighted by Crippen LogP contribution is -2.44. The molecule has 0 saturated heterocycles. The molecule has 0 aliphatic rings. The van der Waals surface area contributed by atoms with Gasteiger partial charge in [-0.25, -0.2) is 9.59 Å². The fourth-order valence-electron chi connectivity index (χ4n) is 1.78. The van der Waals surface area contributed by atoms with Crippen LogP contribution in [0.4, 0.5) is 4.79 Å². The molecule has 0 heterocycles. The molecule has 0 aliphatic heterocycles. The summed E-state index contributed by atoms with van der Waals surface area (Å²) in [5, 5.41) is 4.65. The van der Waals surface area contributed by atoms with E-state index in [0.717, 1.165) is 6.42 Å². The van der Waals surface area contributed by atoms with Crippen LogP contribution in [-0.4, -0.2) is 44.8 Å². The highest BCUT2D eigenvalue weighted by Crippen LogP contribution is 2.28. The Balaban J connectivity index is 2.63. The van der Waals surface area contributed by atoms with Crippen LogP contribution in [0.5, 0.6) is 11.5 Å². The standard InChI is InChI=1S/C16H22N2O6/c1-5-10(2)17-16(21)18-13(19)9-24-15(20)14-11(22-3)7-6-8-12(14)23-4/h6-8,10H,5,9H2,1-4H3,(H2,17,18,19,21)/t10-/m0/s1. The molecule has 2 N–H and O–H groups in total. The van der Waals surface area contributed by atoms with Crippen molar-refractivity contribution in [3.05, 3.63) is 23.8 Å². The zero-order valence-corrected chi connectivity index (χ0v) is 14.2. The molecule has 8 nitrogen and oxygen atoms in total. The molecule has 0 spiro atoms. The van der Waals surface area contributed by atoms with Gasteiger partial charge in [0.15, 0.2) is 6.61 Å². The van der Waals surface area contributed by atoms with Gasteiger partial charge in [0, 0.05) is 6.04 Å². The van der Waals surface area contributed by atoms with Crippen molar-refractivity contribution in [2.24, 2.45) is 0 Å². The molecule has 0 radical (unpaired) electrons. The summed E-state index contributed by atoms with van der Waals surface area (Å²) in [6, 6.07) is 4.08. The lowest BCUT2D eigenvalue weighted by Gasteiger charge is -2.13. The van der Waals surface area contributed by atoms with E-state index in [1.165, 1.54) is 14.2 Å². The molecule has 0 fully saturated rings. The quantitative estimate of drug-likeness (QED) is 0.730. The van der Waals surface area contributed by atoms with E-state index in [1.807, 2.05) is 6.92 Å². The van der Waals surface area contributed by atoms with Crippen LogP contribution in [0.15, 0.2) is 18.2 Å². The average Bonchev–Trinajstić information content (AvgIpc) is 2.58. The van der Waals surface area contributed by atoms with Crippen LogP contribution in [0.2, 0.25) is 0 Å². The Bertz CT molecular complexity index is 580. The number of urea groups is 1. The number of methoxy groups -OCH3 is 2. The maximum atomic E-state index is 12.2. The first-order valence-electron chi connectivity index (χ1n) is 7.41. The molecule has 1 aromatic rings. The van der Waals surface area contributed by atoms with Crippen molar-refractivity contribution in [3.8, 4) is 11.5 Å². The van der Waals surface area contributed by atoms with E-state index in [9.17, 15) is 14.4 Å². The van der Waals surface area contributed by atoms with E-state index in [0.29, 0.717) is 0 Å². The van der Waals surface area contributed by atoms with Crippen molar-refractivity contribution in [1.82, 2.24) is 10.6 Å². The third kappa shape index (κ3) is 5.45. The number of esters is 1. The zero-order chi connectivity index (χ0) is 18.1. The summed E-state index contributed by atoms with van der Waals surface area (Å²) in [6.07, 6.45) is 0.726. The third-order valence-corrected chi connectivity index (χ3v) is 3.21. The minimum atomic E-state index is -0.790. The van der Waals surface area contributed by atoms with E-state index in [1.54, 1.807) is 25.1 Å². The van der Waals surface area contributed by atoms with Crippen LogP contribution in [-0.2, 0) is 9.53 Å². The average molecular weight is 338 g/mol. The fraction of sp³-hybridized carbons (Fsp3) is 0.438. The van der Waals surface area contributed by atoms with Crippen LogP contribution >= 0.6 is 0 Å². The first-order valence-corrected chi connectivity index (χ1v) is 7.41. The minimum absolute atomic E-state index is 0.0688. The first-order chi connectivity index (χ1) is 11.4. The summed E-state index contributed by atoms with van der Waals surface area (Å²) >= 11 is 0. The summed E-state index contributed by atoms with van der Waals surface area (Å²) in [5.41, 5.74) is 0.0688. The summed E-state index contributed by atoms with van der Waals surface area (Å²) in [5.74, 6) is -1.01. The summed E-state index contributed by atoms with van der Waals surface area (Å²) in [6.45, 7) is 3.10. The monoisotopic (exact) mass is 338 g/mol. The molecule has 1 rings (SSSR count). The topological polar surface area (TPSA) is 103 Å². The number of hydrogen-bond acceptors (Lipinski definition) is 6. The highest BCUT2D eigenvalue weighted by Gasteiger charge is 2.21. The highest BCUT2D eigenvalue weighted by molar-refractivity contribution is 5.99. The van der Waals surface area contributed by atoms with E-state index >= 15 is 0 Å². The Labute approximate surface area is 140 Å². The SMILES string of the molecule is CC[C@H](C)NC(=O)NC(=O)COC(=O)c1c(OC)cccc1OC. The number of rotatable bonds is 7. The van der Waals surface area contributed by atoms with Crippen molar-refractivity contribution < 1.29 is 28.6 Å². The van der Waals surface area contributed by atoms with Crippen LogP contribution in [0.25, 0.3) is 0 Å². The minimum Gasteiger partial charge on any atom is -0.496 e. The maximum absolute atomic E-state index is 12.2. The highest BCUT2D eigenvalue weighted by atomic mass is 16.5. The summed E-state index contributed by atoms with van der Waals surface area (Å²) < 4.78 is 15.1. The number of hydrogen-bond donors (Lipinski definition) is 2. The molecular weight excluding hydrogens is 316 g/mol. The number of imide groups is 1. The second-order valence-corrected chi connectivity index (χ2v) is 4.94. The molecule has 1 aromatic carbocycles. The Morgan fingerprint density at radius 3 is 2.21 bits per heavy atom. The predicted molar refractivity (Wildman–Crippen MR) is 86.3 cm³/mol. The number of nitrogens with one attached hydrogen (secondary N) is 2. The first kappa shape index (κ1) is 19.3. The van der Waals surface area contributed by atoms with E-state index in [2.05, 4.69) is 10.6 Å². The van der Waals surface area contributed by atoms with Crippen LogP contribution in [0.1, 0.15) is 30.6 Å². The summed E-state index contributed by atoms with van der Waals surface area (Å²) in [7, 11) is 2.80. The van der Waals surface area contributed by atoms with Crippen LogP contribution in [0.3, 0.4) is 0 Å². The molecule has 24 heavy (non-hydrogen) atoms. The number of benzene rings is 1. The molecule has 3 amide bonds. The number of ether oxygens (including phenoxy) is 3. The van der Waals surface area contributed by atoms with Crippen LogP contribution in [0, 0.1) is 0 Å². The van der Waals surface area contributed by atoms with Gasteiger partial charge in [-0.1, -0.05) is 13.0 Å². The Kier molecular flexibility index (Phi) is 7.54. The molecule has 0 saturated carbocycles. The molecule has 0 aromatic heterocycles. The van der Waals surface area contributed by atoms with Crippen molar-refractivity contribution in [2.45, 2.75) is 26.3 Å². The molecular formula is C16H22N2O6. The normalized spacial score (nSPS) is 11.2. The second-order valence-electron chi connectivity index (χ2n) is 4.94. The Hall–Kier alpha value is -2.77. The van der Waals surface area contributed by atoms with Crippen molar-refractivity contribution in [2.75, 3.05) is 20.8 Å². The van der Waals surface area contributed by atoms with Gasteiger partial charge in [0.2, 0.25) is 0 Å². The van der Waals surface area contributed by atoms with E-state index in [-0.39, 0.29) is 23.1 Å². The maximum Gasteiger partial charge on any atom is 0.346 e. The van der Waals surface area contributed by atoms with Crippen molar-refractivity contribution >= 4 is 17.9 Å². The summed E-state index contributed by atoms with van der Waals surface area (Å²) in [4.78, 5) is 35.3. The molecule has 0 unspecified atom stereocenters. The van der Waals surface area contributed by atoms with Gasteiger partial charge in [-0.2, -0.15) is 0 Å². The van der Waals surface area contributed by atoms with Gasteiger partial charge in [-0.3, -0.25) is 10.1 Å². The second kappa shape index (κ2) is 9.39. The van der Waals surface area contributed by atoms with Crippen LogP contribution < -0.4 is 20.1 Å². The van der Waals surface area contributed by atoms with Gasteiger partial charge in [-0.15, -0.1) is 0 Å². The molecule has 0 bridgehead atoms. The number of amides is 3. The predicted octanol–water partition coefficient (Wildman–Crippen LogP) is 1.48. The molecule has 8 heteroatoms. The van der Waals surface area contributed by atoms with Crippen molar-refractivity contribution in [3.63, 3.8) is 0 Å². The number of carbonyl (C=O) groups is 3. The van der Waals surface area contributed by atoms with Gasteiger partial charge in [0.05, 0.1) is 14.2 Å². The van der Waals surface area contributed by atoms with Crippen molar-refractivity contribution in [1.29, 1.82) is 0 Å². The lowest BCUT2D eigenvalue weighted by atomic mass is 10.2. The van der Waals surface area contributed by atoms with Gasteiger partial charge in [0.25, 0.3) is 5.91 Å². The van der Waals surface area contributed by atoms with E-state index in [4.69, 9.17) is 14.2 Å². The lowest BCUT2D eigenvalue weighted by molar-refractivity contribution is -0.123.